The summed E-state index contributed by atoms with van der Waals surface area (Å²) in [5.74, 6) is -0.933. The van der Waals surface area contributed by atoms with Crippen LogP contribution in [0.1, 0.15) is 62.9 Å². The maximum absolute atomic E-state index is 15.8. The Kier molecular flexibility index (Phi) is 9.36. The summed E-state index contributed by atoms with van der Waals surface area (Å²) in [5, 5.41) is 12.8. The van der Waals surface area contributed by atoms with Crippen molar-refractivity contribution >= 4 is 31.6 Å². The van der Waals surface area contributed by atoms with Crippen molar-refractivity contribution in [1.82, 2.24) is 0 Å². The van der Waals surface area contributed by atoms with Crippen molar-refractivity contribution in [2.45, 2.75) is 77.3 Å². The molecular weight excluding hydrogens is 535 g/mol. The van der Waals surface area contributed by atoms with Crippen LogP contribution in [0, 0.1) is 5.92 Å². The van der Waals surface area contributed by atoms with Crippen LogP contribution in [0.25, 0.3) is 0 Å². The first-order valence-electron chi connectivity index (χ1n) is 14.5. The molecule has 4 atom stereocenters. The van der Waals surface area contributed by atoms with E-state index in [9.17, 15) is 14.7 Å². The minimum atomic E-state index is -3.29. The Bertz CT molecular complexity index is 1330. The summed E-state index contributed by atoms with van der Waals surface area (Å²) in [6.45, 7) is 11.6. The summed E-state index contributed by atoms with van der Waals surface area (Å²) in [6.07, 6.45) is 5.78. The van der Waals surface area contributed by atoms with Gasteiger partial charge in [-0.25, -0.2) is 0 Å². The molecule has 0 radical (unpaired) electrons. The summed E-state index contributed by atoms with van der Waals surface area (Å²) < 4.78 is 22.4. The normalized spacial score (nSPS) is 24.1. The molecule has 41 heavy (non-hydrogen) atoms. The molecule has 1 saturated heterocycles. The Hall–Kier alpha value is -3.07. The molecule has 1 spiro atoms. The first kappa shape index (κ1) is 30.9. The van der Waals surface area contributed by atoms with Gasteiger partial charge in [0.2, 0.25) is 8.41 Å². The van der Waals surface area contributed by atoms with Crippen molar-refractivity contribution in [3.63, 3.8) is 0 Å². The van der Waals surface area contributed by atoms with Crippen LogP contribution in [0.3, 0.4) is 0 Å². The second-order valence-corrected chi connectivity index (χ2v) is 15.9. The molecule has 0 aliphatic carbocycles. The van der Waals surface area contributed by atoms with Crippen molar-refractivity contribution in [1.29, 1.82) is 0 Å². The van der Waals surface area contributed by atoms with Crippen LogP contribution in [0.4, 0.5) is 15.5 Å². The highest BCUT2D eigenvalue weighted by molar-refractivity contribution is 6.72. The van der Waals surface area contributed by atoms with E-state index in [1.165, 1.54) is 11.1 Å². The molecule has 220 valence electrons. The largest absolute Gasteiger partial charge is 0.396 e. The molecule has 0 saturated carbocycles. The molecule has 2 N–H and O–H groups in total. The zero-order valence-electron chi connectivity index (χ0n) is 25.0. The lowest BCUT2D eigenvalue weighted by Crippen LogP contribution is -2.45. The zero-order chi connectivity index (χ0) is 29.9. The number of rotatable bonds is 10. The van der Waals surface area contributed by atoms with Crippen LogP contribution < -0.4 is 10.2 Å². The van der Waals surface area contributed by atoms with E-state index in [0.717, 1.165) is 12.8 Å². The number of amides is 2. The summed E-state index contributed by atoms with van der Waals surface area (Å²) in [4.78, 5) is 29.1. The summed E-state index contributed by atoms with van der Waals surface area (Å²) in [7, 11) is -3.29. The molecule has 6 nitrogen and oxygen atoms in total. The van der Waals surface area contributed by atoms with Crippen molar-refractivity contribution in [3.05, 3.63) is 83.0 Å². The molecule has 2 aromatic carbocycles. The van der Waals surface area contributed by atoms with E-state index >= 15 is 4.11 Å². The van der Waals surface area contributed by atoms with E-state index in [1.54, 1.807) is 54.4 Å². The van der Waals surface area contributed by atoms with Crippen LogP contribution in [-0.4, -0.2) is 44.6 Å². The molecule has 2 aliphatic heterocycles. The molecule has 0 bridgehead atoms. The predicted octanol–water partition coefficient (Wildman–Crippen LogP) is 7.14. The second-order valence-electron chi connectivity index (χ2n) is 12.1. The fourth-order valence-corrected chi connectivity index (χ4v) is 8.98. The van der Waals surface area contributed by atoms with Crippen LogP contribution in [0.15, 0.2) is 71.8 Å². The Balaban J connectivity index is 1.74. The van der Waals surface area contributed by atoms with E-state index in [2.05, 4.69) is 38.2 Å². The van der Waals surface area contributed by atoms with Crippen molar-refractivity contribution < 1.29 is 23.5 Å². The Morgan fingerprint density at radius 3 is 2.49 bits per heavy atom. The summed E-state index contributed by atoms with van der Waals surface area (Å²) in [6, 6.07) is 14.4. The van der Waals surface area contributed by atoms with E-state index < -0.39 is 31.6 Å². The molecule has 4 rings (SSSR count). The number of benzene rings is 2. The number of nitrogens with one attached hydrogen (secondary N) is 1. The van der Waals surface area contributed by atoms with Gasteiger partial charge in [0, 0.05) is 41.4 Å². The second kappa shape index (κ2) is 12.4. The molecule has 0 aromatic heterocycles. The monoisotopic (exact) mass is 578 g/mol. The fraction of sp³-hybridized carbons (Fsp3) is 0.455. The lowest BCUT2D eigenvalue weighted by Gasteiger charge is -2.31. The number of anilines is 2. The number of nitrogens with zero attached hydrogens (tertiary/aromatic N) is 1. The molecule has 1 fully saturated rings. The average Bonchev–Trinajstić information content (AvgIpc) is 3.34. The van der Waals surface area contributed by atoms with Crippen molar-refractivity contribution in [3.8, 4) is 0 Å². The third kappa shape index (κ3) is 6.25. The van der Waals surface area contributed by atoms with Gasteiger partial charge < -0.3 is 24.2 Å². The Morgan fingerprint density at radius 1 is 1.15 bits per heavy atom. The van der Waals surface area contributed by atoms with Gasteiger partial charge in [0.05, 0.1) is 11.8 Å². The molecule has 2 heterocycles. The Morgan fingerprint density at radius 2 is 1.85 bits per heavy atom. The van der Waals surface area contributed by atoms with Gasteiger partial charge in [-0.1, -0.05) is 48.4 Å². The molecule has 0 unspecified atom stereocenters. The highest BCUT2D eigenvalue weighted by Gasteiger charge is 2.66. The third-order valence-electron chi connectivity index (χ3n) is 8.38. The predicted molar refractivity (Wildman–Crippen MR) is 165 cm³/mol. The third-order valence-corrected chi connectivity index (χ3v) is 10.8. The van der Waals surface area contributed by atoms with E-state index in [1.807, 2.05) is 19.1 Å². The minimum absolute atomic E-state index is 0.153. The highest BCUT2D eigenvalue weighted by Crippen LogP contribution is 2.60. The van der Waals surface area contributed by atoms with Gasteiger partial charge in [0.25, 0.3) is 11.8 Å². The SMILES string of the molecule is CC(C)=CCC/C(C)=C/CN1C(=O)[C@]2(O[C@H](CCO)[C@@H]([Si](C)(C)F)[C@@H]2C)c2cc(NC(=O)c3ccccc3)ccc21. The number of halogens is 1. The quantitative estimate of drug-likeness (QED) is 0.179. The summed E-state index contributed by atoms with van der Waals surface area (Å²) in [5.41, 5.74) is 2.98. The topological polar surface area (TPSA) is 78.9 Å². The van der Waals surface area contributed by atoms with E-state index in [-0.39, 0.29) is 24.8 Å². The number of allylic oxidation sites excluding steroid dienone is 3. The lowest BCUT2D eigenvalue weighted by atomic mass is 9.82. The number of ether oxygens (including phenoxy) is 1. The van der Waals surface area contributed by atoms with Gasteiger partial charge in [-0.2, -0.15) is 0 Å². The number of aliphatic hydroxyl groups is 1. The zero-order valence-corrected chi connectivity index (χ0v) is 26.0. The van der Waals surface area contributed by atoms with Gasteiger partial charge in [-0.15, -0.1) is 0 Å². The maximum atomic E-state index is 15.8. The van der Waals surface area contributed by atoms with Crippen molar-refractivity contribution in [2.24, 2.45) is 5.92 Å². The van der Waals surface area contributed by atoms with Crippen molar-refractivity contribution in [2.75, 3.05) is 23.4 Å². The number of carbonyl (C=O) groups is 2. The van der Waals surface area contributed by atoms with Crippen LogP contribution in [0.2, 0.25) is 18.6 Å². The summed E-state index contributed by atoms with van der Waals surface area (Å²) >= 11 is 0. The highest BCUT2D eigenvalue weighted by atomic mass is 28.4. The first-order chi connectivity index (χ1) is 19.4. The first-order valence-corrected chi connectivity index (χ1v) is 17.4. The number of hydrogen-bond acceptors (Lipinski definition) is 4. The van der Waals surface area contributed by atoms with Gasteiger partial charge in [-0.05, 0) is 83.5 Å². The average molecular weight is 579 g/mol. The van der Waals surface area contributed by atoms with Gasteiger partial charge in [-0.3, -0.25) is 9.59 Å². The van der Waals surface area contributed by atoms with Crippen LogP contribution >= 0.6 is 0 Å². The molecule has 2 aliphatic rings. The maximum Gasteiger partial charge on any atom is 0.264 e. The van der Waals surface area contributed by atoms with Crippen LogP contribution in [-0.2, 0) is 15.1 Å². The van der Waals surface area contributed by atoms with Gasteiger partial charge in [0.15, 0.2) is 5.60 Å². The smallest absolute Gasteiger partial charge is 0.264 e. The molecule has 2 amide bonds. The van der Waals surface area contributed by atoms with E-state index in [0.29, 0.717) is 29.0 Å². The van der Waals surface area contributed by atoms with Gasteiger partial charge in [0.1, 0.15) is 0 Å². The number of hydrogen-bond donors (Lipinski definition) is 2. The fourth-order valence-electron chi connectivity index (χ4n) is 6.43. The van der Waals surface area contributed by atoms with Gasteiger partial charge >= 0.3 is 0 Å². The standard InChI is InChI=1S/C33H43FN2O4Si/c1-22(2)11-10-12-23(3)17-19-36-28-16-15-26(35-31(38)25-13-8-7-9-14-25)21-27(28)33(32(36)39)24(4)30(41(5,6)34)29(40-33)18-20-37/h7-9,11,13-17,21,24,29-30,37H,10,12,18-20H2,1-6H3,(H,35,38)/b23-17+/t24-,29+,30-,33+/m0/s1. The molecular formula is C33H43FN2O4Si. The Labute approximate surface area is 244 Å². The minimum Gasteiger partial charge on any atom is -0.396 e. The number of aliphatic hydroxyl groups excluding tert-OH is 1. The number of fused-ring (bicyclic) bond motifs is 2. The van der Waals surface area contributed by atoms with E-state index in [4.69, 9.17) is 4.74 Å². The number of carbonyl (C=O) groups excluding carboxylic acids is 2. The molecule has 2 aromatic rings. The lowest BCUT2D eigenvalue weighted by molar-refractivity contribution is -0.146. The molecule has 8 heteroatoms. The van der Waals surface area contributed by atoms with Crippen LogP contribution in [0.5, 0.6) is 0 Å².